The molecule has 1 aliphatic rings. The molecule has 1 atom stereocenters. The van der Waals surface area contributed by atoms with E-state index in [-0.39, 0.29) is 16.9 Å². The van der Waals surface area contributed by atoms with Gasteiger partial charge in [0.15, 0.2) is 0 Å². The third-order valence-electron chi connectivity index (χ3n) is 4.61. The number of benzene rings is 1. The van der Waals surface area contributed by atoms with Gasteiger partial charge in [0, 0.05) is 6.20 Å². The summed E-state index contributed by atoms with van der Waals surface area (Å²) < 4.78 is 28.5. The summed E-state index contributed by atoms with van der Waals surface area (Å²) in [6, 6.07) is 9.73. The van der Waals surface area contributed by atoms with Gasteiger partial charge in [-0.15, -0.1) is 0 Å². The molecule has 4 rings (SSSR count). The summed E-state index contributed by atoms with van der Waals surface area (Å²) in [4.78, 5) is 11.5. The van der Waals surface area contributed by atoms with E-state index < -0.39 is 16.1 Å². The summed E-state index contributed by atoms with van der Waals surface area (Å²) in [7, 11) is -3.74. The lowest BCUT2D eigenvalue weighted by Crippen LogP contribution is -2.41. The van der Waals surface area contributed by atoms with Crippen molar-refractivity contribution in [1.29, 1.82) is 0 Å². The van der Waals surface area contributed by atoms with E-state index in [1.807, 2.05) is 6.07 Å². The Bertz CT molecular complexity index is 981. The predicted octanol–water partition coefficient (Wildman–Crippen LogP) is 1.75. The fourth-order valence-electron chi connectivity index (χ4n) is 3.18. The maximum atomic E-state index is 12.9. The fourth-order valence-corrected chi connectivity index (χ4v) is 4.48. The van der Waals surface area contributed by atoms with Gasteiger partial charge in [-0.2, -0.15) is 0 Å². The van der Waals surface area contributed by atoms with Crippen molar-refractivity contribution in [2.45, 2.75) is 29.9 Å². The van der Waals surface area contributed by atoms with Gasteiger partial charge < -0.3 is 10.1 Å². The first-order valence-corrected chi connectivity index (χ1v) is 9.56. The zero-order valence-corrected chi connectivity index (χ0v) is 14.1. The van der Waals surface area contributed by atoms with Crippen molar-refractivity contribution in [3.63, 3.8) is 0 Å². The molecule has 1 fully saturated rings. The number of hydrogen-bond donors (Lipinski definition) is 3. The van der Waals surface area contributed by atoms with Gasteiger partial charge in [-0.1, -0.05) is 6.07 Å². The number of aliphatic hydroxyl groups excluding tert-OH is 1. The zero-order valence-electron chi connectivity index (χ0n) is 13.3. The quantitative estimate of drug-likeness (QED) is 0.644. The van der Waals surface area contributed by atoms with Crippen molar-refractivity contribution in [3.05, 3.63) is 54.6 Å². The van der Waals surface area contributed by atoms with Crippen LogP contribution >= 0.6 is 0 Å². The van der Waals surface area contributed by atoms with Crippen LogP contribution in [0.15, 0.2) is 53.8 Å². The normalized spacial score (nSPS) is 21.8. The molecule has 1 aliphatic carbocycles. The number of imidazole rings is 1. The minimum absolute atomic E-state index is 0.0237. The van der Waals surface area contributed by atoms with E-state index in [9.17, 15) is 13.5 Å². The Labute approximate surface area is 145 Å². The molecule has 0 bridgehead atoms. The first kappa shape index (κ1) is 16.2. The molecule has 0 spiro atoms. The smallest absolute Gasteiger partial charge is 0.241 e. The molecule has 1 saturated carbocycles. The van der Waals surface area contributed by atoms with Crippen molar-refractivity contribution in [2.75, 3.05) is 0 Å². The molecular weight excluding hydrogens is 340 g/mol. The van der Waals surface area contributed by atoms with E-state index in [0.29, 0.717) is 29.6 Å². The van der Waals surface area contributed by atoms with Gasteiger partial charge in [-0.3, -0.25) is 4.98 Å². The average Bonchev–Trinajstić information content (AvgIpc) is 3.06. The summed E-state index contributed by atoms with van der Waals surface area (Å²) in [6.45, 7) is 0. The van der Waals surface area contributed by atoms with Gasteiger partial charge in [0.25, 0.3) is 0 Å². The van der Waals surface area contributed by atoms with Crippen molar-refractivity contribution < 1.29 is 13.5 Å². The zero-order chi connectivity index (χ0) is 17.4. The maximum absolute atomic E-state index is 12.9. The van der Waals surface area contributed by atoms with Crippen molar-refractivity contribution >= 4 is 21.1 Å². The lowest BCUT2D eigenvalue weighted by atomic mass is 9.76. The fraction of sp³-hybridized carbons (Fsp3) is 0.294. The minimum atomic E-state index is -3.74. The molecule has 130 valence electrons. The highest BCUT2D eigenvalue weighted by Gasteiger charge is 2.37. The second kappa shape index (κ2) is 6.21. The van der Waals surface area contributed by atoms with Crippen molar-refractivity contribution in [3.8, 4) is 0 Å². The van der Waals surface area contributed by atoms with Crippen LogP contribution in [-0.4, -0.2) is 34.6 Å². The lowest BCUT2D eigenvalue weighted by Gasteiger charge is -2.37. The van der Waals surface area contributed by atoms with Gasteiger partial charge in [0.2, 0.25) is 10.0 Å². The molecule has 3 N–H and O–H groups in total. The first-order valence-electron chi connectivity index (χ1n) is 8.07. The van der Waals surface area contributed by atoms with Crippen LogP contribution in [0.5, 0.6) is 0 Å². The molecule has 0 unspecified atom stereocenters. The van der Waals surface area contributed by atoms with Gasteiger partial charge in [-0.25, -0.2) is 18.1 Å². The second-order valence-electron chi connectivity index (χ2n) is 6.32. The summed E-state index contributed by atoms with van der Waals surface area (Å²) >= 11 is 0. The van der Waals surface area contributed by atoms with Crippen LogP contribution in [0.25, 0.3) is 11.0 Å². The maximum Gasteiger partial charge on any atom is 0.241 e. The van der Waals surface area contributed by atoms with E-state index in [1.165, 1.54) is 12.4 Å². The van der Waals surface area contributed by atoms with Crippen molar-refractivity contribution in [1.82, 2.24) is 19.7 Å². The van der Waals surface area contributed by atoms with Crippen LogP contribution in [0.4, 0.5) is 0 Å². The highest BCUT2D eigenvalue weighted by atomic mass is 32.2. The predicted molar refractivity (Wildman–Crippen MR) is 92.1 cm³/mol. The number of rotatable bonds is 5. The Morgan fingerprint density at radius 1 is 1.20 bits per heavy atom. The Morgan fingerprint density at radius 2 is 2.04 bits per heavy atom. The number of nitrogens with one attached hydrogen (secondary N) is 2. The highest BCUT2D eigenvalue weighted by Crippen LogP contribution is 2.38. The largest absolute Gasteiger partial charge is 0.393 e. The van der Waals surface area contributed by atoms with Gasteiger partial charge in [0.05, 0.1) is 40.1 Å². The molecule has 7 nitrogen and oxygen atoms in total. The molecule has 1 aromatic carbocycles. The Hall–Kier alpha value is -2.29. The number of H-pyrrole nitrogens is 1. The third-order valence-corrected chi connectivity index (χ3v) is 6.05. The molecule has 0 saturated heterocycles. The molecule has 0 amide bonds. The number of pyridine rings is 1. The number of aromatic amines is 1. The van der Waals surface area contributed by atoms with E-state index in [0.717, 1.165) is 0 Å². The molecule has 0 aliphatic heterocycles. The average molecular weight is 358 g/mol. The van der Waals surface area contributed by atoms with Crippen molar-refractivity contribution in [2.24, 2.45) is 5.92 Å². The Balaban J connectivity index is 1.66. The van der Waals surface area contributed by atoms with Crippen LogP contribution < -0.4 is 4.72 Å². The number of hydrogen-bond acceptors (Lipinski definition) is 5. The summed E-state index contributed by atoms with van der Waals surface area (Å²) in [5, 5.41) is 9.62. The van der Waals surface area contributed by atoms with E-state index in [1.54, 1.807) is 30.5 Å². The van der Waals surface area contributed by atoms with Crippen LogP contribution in [0.2, 0.25) is 0 Å². The van der Waals surface area contributed by atoms with Crippen LogP contribution in [0.1, 0.15) is 24.6 Å². The number of aliphatic hydroxyl groups is 1. The standard InChI is InChI=1S/C17H18N4O3S/c22-12-7-11(8-12)17(15-3-1-2-6-18-15)21-25(23,24)13-4-5-14-16(9-13)20-10-19-14/h1-6,9-12,17,21-22H,7-8H2,(H,19,20)/t11?,12?,17-/m1/s1. The van der Waals surface area contributed by atoms with Gasteiger partial charge in [0.1, 0.15) is 0 Å². The van der Waals surface area contributed by atoms with E-state index in [4.69, 9.17) is 0 Å². The number of fused-ring (bicyclic) bond motifs is 1. The number of sulfonamides is 1. The molecule has 2 aromatic heterocycles. The lowest BCUT2D eigenvalue weighted by molar-refractivity contribution is 0.0273. The summed E-state index contributed by atoms with van der Waals surface area (Å²) in [5.74, 6) is 0.0237. The molecule has 25 heavy (non-hydrogen) atoms. The number of aromatic nitrogens is 3. The van der Waals surface area contributed by atoms with Crippen LogP contribution in [0, 0.1) is 5.92 Å². The van der Waals surface area contributed by atoms with Crippen LogP contribution in [0.3, 0.4) is 0 Å². The molecule has 8 heteroatoms. The second-order valence-corrected chi connectivity index (χ2v) is 8.03. The monoisotopic (exact) mass is 358 g/mol. The molecule has 0 radical (unpaired) electrons. The third kappa shape index (κ3) is 3.15. The van der Waals surface area contributed by atoms with Gasteiger partial charge >= 0.3 is 0 Å². The summed E-state index contributed by atoms with van der Waals surface area (Å²) in [6.07, 6.45) is 3.91. The Kier molecular flexibility index (Phi) is 4.03. The van der Waals surface area contributed by atoms with E-state index in [2.05, 4.69) is 19.7 Å². The topological polar surface area (TPSA) is 108 Å². The summed E-state index contributed by atoms with van der Waals surface area (Å²) in [5.41, 5.74) is 2.03. The molecule has 3 aromatic rings. The SMILES string of the molecule is O=S(=O)(N[C@@H](c1ccccn1)C1CC(O)C1)c1ccc2nc[nH]c2c1. The van der Waals surface area contributed by atoms with Crippen LogP contribution in [-0.2, 0) is 10.0 Å². The highest BCUT2D eigenvalue weighted by molar-refractivity contribution is 7.89. The van der Waals surface area contributed by atoms with Gasteiger partial charge in [-0.05, 0) is 49.1 Å². The van der Waals surface area contributed by atoms with E-state index >= 15 is 0 Å². The molecular formula is C17H18N4O3S. The first-order chi connectivity index (χ1) is 12.0. The Morgan fingerprint density at radius 3 is 2.76 bits per heavy atom. The minimum Gasteiger partial charge on any atom is -0.393 e. The number of nitrogens with zero attached hydrogens (tertiary/aromatic N) is 2. The molecule has 2 heterocycles.